The molecule has 19 atom stereocenters. The molecule has 62 heavy (non-hydrogen) atoms. The third-order valence-electron chi connectivity index (χ3n) is 23.1. The van der Waals surface area contributed by atoms with Crippen LogP contribution in [0.4, 0.5) is 0 Å². The fraction of sp³-hybridized carbons (Fsp3) is 0.966. The normalized spacial score (nSPS) is 46.4. The lowest BCUT2D eigenvalue weighted by molar-refractivity contribution is -0.129. The highest BCUT2D eigenvalue weighted by atomic mass is 16.3. The van der Waals surface area contributed by atoms with Gasteiger partial charge in [0.05, 0.1) is 23.4 Å². The topological polar surface area (TPSA) is 80.9 Å². The summed E-state index contributed by atoms with van der Waals surface area (Å²) in [4.78, 5) is 0. The summed E-state index contributed by atoms with van der Waals surface area (Å²) in [5.41, 5.74) is 2.57. The van der Waals surface area contributed by atoms with E-state index in [1.165, 1.54) is 96.3 Å². The monoisotopic (exact) mass is 863 g/mol. The number of hydrogen-bond acceptors (Lipinski definition) is 4. The molecule has 0 amide bonds. The molecular weight excluding hydrogens is 761 g/mol. The van der Waals surface area contributed by atoms with Crippen molar-refractivity contribution in [2.75, 3.05) is 0 Å². The molecule has 0 aromatic carbocycles. The molecule has 4 heteroatoms. The van der Waals surface area contributed by atoms with Gasteiger partial charge in [0, 0.05) is 0 Å². The predicted octanol–water partition coefficient (Wildman–Crippen LogP) is 14.6. The van der Waals surface area contributed by atoms with Crippen molar-refractivity contribution in [2.45, 2.75) is 266 Å². The molecule has 8 aliphatic carbocycles. The predicted molar refractivity (Wildman–Crippen MR) is 260 cm³/mol. The van der Waals surface area contributed by atoms with Crippen LogP contribution in [-0.2, 0) is 0 Å². The maximum atomic E-state index is 11.0. The summed E-state index contributed by atoms with van der Waals surface area (Å²) in [5.74, 6) is 9.21. The Balaban J connectivity index is 0.000000186. The minimum Gasteiger partial charge on any atom is -0.393 e. The van der Waals surface area contributed by atoms with Gasteiger partial charge in [-0.3, -0.25) is 0 Å². The second-order valence-electron chi connectivity index (χ2n) is 25.9. The molecule has 0 aliphatic heterocycles. The number of aliphatic hydroxyl groups excluding tert-OH is 2. The van der Waals surface area contributed by atoms with Crippen LogP contribution in [0.3, 0.4) is 0 Å². The van der Waals surface area contributed by atoms with E-state index in [1.807, 2.05) is 0 Å². The molecule has 4 N–H and O–H groups in total. The van der Waals surface area contributed by atoms with Crippen LogP contribution in [0, 0.1) is 86.8 Å². The molecule has 8 rings (SSSR count). The fourth-order valence-electron chi connectivity index (χ4n) is 19.1. The SMILES string of the molecule is CCCC(O)(CC)CC[C@@H](C)[C@H]1CC[C@H]2[C@@H]3CC=C4C[C@@H](O)CC[C@]4(C)[C@H]3CC[C@]12C.CCCC(O)(CC)CC[C@@H](C)[C@H]1CC[C@H]2[C@@H]3CCC4C[C@@H](O)CC[C@]4(C)[C@H]3CC[C@]12C. The van der Waals surface area contributed by atoms with Gasteiger partial charge in [-0.15, -0.1) is 0 Å². The van der Waals surface area contributed by atoms with Gasteiger partial charge in [0.15, 0.2) is 0 Å². The quantitative estimate of drug-likeness (QED) is 0.131. The van der Waals surface area contributed by atoms with E-state index in [0.717, 1.165) is 142 Å². The minimum absolute atomic E-state index is 0.0327. The highest BCUT2D eigenvalue weighted by molar-refractivity contribution is 5.25. The van der Waals surface area contributed by atoms with E-state index in [-0.39, 0.29) is 12.2 Å². The summed E-state index contributed by atoms with van der Waals surface area (Å²) < 4.78 is 0. The van der Waals surface area contributed by atoms with E-state index in [2.05, 4.69) is 75.3 Å². The van der Waals surface area contributed by atoms with Crippen molar-refractivity contribution in [1.82, 2.24) is 0 Å². The summed E-state index contributed by atoms with van der Waals surface area (Å²) in [7, 11) is 0. The lowest BCUT2D eigenvalue weighted by atomic mass is 9.44. The van der Waals surface area contributed by atoms with E-state index in [4.69, 9.17) is 0 Å². The second kappa shape index (κ2) is 19.3. The minimum atomic E-state index is -0.440. The Kier molecular flexibility index (Phi) is 15.4. The first kappa shape index (κ1) is 49.5. The maximum absolute atomic E-state index is 11.0. The molecule has 7 saturated carbocycles. The summed E-state index contributed by atoms with van der Waals surface area (Å²) in [6, 6.07) is 0. The van der Waals surface area contributed by atoms with Crippen LogP contribution in [0.1, 0.15) is 243 Å². The second-order valence-corrected chi connectivity index (χ2v) is 25.9. The molecule has 0 aromatic rings. The van der Waals surface area contributed by atoms with Gasteiger partial charge < -0.3 is 20.4 Å². The van der Waals surface area contributed by atoms with Crippen LogP contribution in [0.5, 0.6) is 0 Å². The number of fused-ring (bicyclic) bond motifs is 10. The van der Waals surface area contributed by atoms with E-state index in [0.29, 0.717) is 21.7 Å². The molecule has 8 aliphatic rings. The summed E-state index contributed by atoms with van der Waals surface area (Å²) in [6.07, 6.45) is 34.5. The van der Waals surface area contributed by atoms with Crippen molar-refractivity contribution < 1.29 is 20.4 Å². The molecule has 7 fully saturated rings. The maximum Gasteiger partial charge on any atom is 0.0645 e. The zero-order valence-electron chi connectivity index (χ0n) is 42.5. The molecule has 0 saturated heterocycles. The summed E-state index contributed by atoms with van der Waals surface area (Å²) in [5, 5.41) is 42.5. The molecule has 3 unspecified atom stereocenters. The van der Waals surface area contributed by atoms with Crippen LogP contribution in [0.15, 0.2) is 11.6 Å². The van der Waals surface area contributed by atoms with Gasteiger partial charge in [0.1, 0.15) is 0 Å². The molecular formula is C58H102O4. The van der Waals surface area contributed by atoms with Crippen molar-refractivity contribution in [3.8, 4) is 0 Å². The van der Waals surface area contributed by atoms with E-state index in [9.17, 15) is 20.4 Å². The Labute approximate surface area is 383 Å². The van der Waals surface area contributed by atoms with Crippen LogP contribution >= 0.6 is 0 Å². The van der Waals surface area contributed by atoms with Gasteiger partial charge in [-0.2, -0.15) is 0 Å². The third kappa shape index (κ3) is 9.14. The first-order valence-electron chi connectivity index (χ1n) is 27.8. The molecule has 0 bridgehead atoms. The lowest BCUT2D eigenvalue weighted by Crippen LogP contribution is -2.54. The standard InChI is InChI=1S/C29H52O2.C29H50O2/c2*1-6-15-29(31,7-2)18-12-20(3)24-10-11-25-23-9-8-21-19-22(30)13-16-27(21,4)26(23)14-17-28(24,25)5/h20-26,30-31H,6-19H2,1-5H3;8,20,22-26,30-31H,6-7,9-19H2,1-5H3/t20-,21?,22+,23+,24-,25+,26+,27+,28-,29?;20-,22+,23+,24-,25+,26+,27+,28-,29?/m11/s1. The zero-order chi connectivity index (χ0) is 44.9. The van der Waals surface area contributed by atoms with Crippen molar-refractivity contribution in [2.24, 2.45) is 86.8 Å². The smallest absolute Gasteiger partial charge is 0.0645 e. The van der Waals surface area contributed by atoms with Gasteiger partial charge >= 0.3 is 0 Å². The van der Waals surface area contributed by atoms with Crippen molar-refractivity contribution >= 4 is 0 Å². The average Bonchev–Trinajstić information content (AvgIpc) is 3.80. The first-order valence-corrected chi connectivity index (χ1v) is 27.8. The fourth-order valence-corrected chi connectivity index (χ4v) is 19.1. The van der Waals surface area contributed by atoms with Gasteiger partial charge in [0.25, 0.3) is 0 Å². The van der Waals surface area contributed by atoms with Crippen LogP contribution in [0.25, 0.3) is 0 Å². The van der Waals surface area contributed by atoms with E-state index in [1.54, 1.807) is 5.57 Å². The summed E-state index contributed by atoms with van der Waals surface area (Å²) >= 11 is 0. The van der Waals surface area contributed by atoms with Gasteiger partial charge in [-0.25, -0.2) is 0 Å². The van der Waals surface area contributed by atoms with E-state index >= 15 is 0 Å². The Morgan fingerprint density at radius 2 is 1.06 bits per heavy atom. The molecule has 0 heterocycles. The molecule has 0 radical (unpaired) electrons. The average molecular weight is 863 g/mol. The number of rotatable bonds is 14. The largest absolute Gasteiger partial charge is 0.393 e. The number of allylic oxidation sites excluding steroid dienone is 1. The molecule has 358 valence electrons. The van der Waals surface area contributed by atoms with E-state index < -0.39 is 11.2 Å². The van der Waals surface area contributed by atoms with Gasteiger partial charge in [0.2, 0.25) is 0 Å². The van der Waals surface area contributed by atoms with Crippen LogP contribution in [0.2, 0.25) is 0 Å². The highest BCUT2D eigenvalue weighted by Gasteiger charge is 2.62. The summed E-state index contributed by atoms with van der Waals surface area (Å²) in [6.45, 7) is 24.2. The van der Waals surface area contributed by atoms with Gasteiger partial charge in [-0.1, -0.05) is 93.7 Å². The lowest BCUT2D eigenvalue weighted by Gasteiger charge is -2.61. The Bertz CT molecular complexity index is 1510. The van der Waals surface area contributed by atoms with Crippen molar-refractivity contribution in [3.63, 3.8) is 0 Å². The highest BCUT2D eigenvalue weighted by Crippen LogP contribution is 2.70. The van der Waals surface area contributed by atoms with Gasteiger partial charge in [-0.05, 0) is 247 Å². The zero-order valence-corrected chi connectivity index (χ0v) is 42.5. The Morgan fingerprint density at radius 3 is 1.61 bits per heavy atom. The first-order chi connectivity index (χ1) is 29.3. The van der Waals surface area contributed by atoms with Crippen molar-refractivity contribution in [1.29, 1.82) is 0 Å². The third-order valence-corrected chi connectivity index (χ3v) is 23.1. The molecule has 0 spiro atoms. The number of hydrogen-bond donors (Lipinski definition) is 4. The number of aliphatic hydroxyl groups is 4. The Morgan fingerprint density at radius 1 is 0.565 bits per heavy atom. The van der Waals surface area contributed by atoms with Crippen LogP contribution in [-0.4, -0.2) is 43.8 Å². The van der Waals surface area contributed by atoms with Crippen LogP contribution < -0.4 is 0 Å². The molecule has 4 nitrogen and oxygen atoms in total. The molecule has 0 aromatic heterocycles. The van der Waals surface area contributed by atoms with Crippen molar-refractivity contribution in [3.05, 3.63) is 11.6 Å². The Hall–Kier alpha value is -0.420.